The van der Waals surface area contributed by atoms with E-state index in [0.29, 0.717) is 5.56 Å². The van der Waals surface area contributed by atoms with E-state index in [1.807, 2.05) is 6.92 Å². The van der Waals surface area contributed by atoms with Gasteiger partial charge in [0.25, 0.3) is 5.69 Å². The number of thiophene rings is 1. The third-order valence-electron chi connectivity index (χ3n) is 2.24. The summed E-state index contributed by atoms with van der Waals surface area (Å²) in [6.45, 7) is 2.01. The molecule has 1 heterocycles. The van der Waals surface area contributed by atoms with Gasteiger partial charge >= 0.3 is 0 Å². The maximum absolute atomic E-state index is 10.7. The first-order chi connectivity index (χ1) is 8.17. The summed E-state index contributed by atoms with van der Waals surface area (Å²) < 4.78 is 1.73. The predicted octanol–water partition coefficient (Wildman–Crippen LogP) is 3.79. The second kappa shape index (κ2) is 4.73. The Hall–Kier alpha value is -1.58. The van der Waals surface area contributed by atoms with Crippen LogP contribution in [0.2, 0.25) is 0 Å². The van der Waals surface area contributed by atoms with E-state index in [0.717, 1.165) is 20.0 Å². The molecular weight excluding hydrogens is 256 g/mol. The zero-order chi connectivity index (χ0) is 12.4. The third kappa shape index (κ3) is 2.12. The van der Waals surface area contributed by atoms with Gasteiger partial charge in [0.2, 0.25) is 0 Å². The molecule has 0 aliphatic heterocycles. The van der Waals surface area contributed by atoms with Gasteiger partial charge in [0.15, 0.2) is 0 Å². The minimum Gasteiger partial charge on any atom is -0.258 e. The van der Waals surface area contributed by atoms with Gasteiger partial charge in [-0.05, 0) is 11.8 Å². The monoisotopic (exact) mass is 264 g/mol. The zero-order valence-corrected chi connectivity index (χ0v) is 10.6. The number of benzene rings is 1. The summed E-state index contributed by atoms with van der Waals surface area (Å²) in [5.41, 5.74) is 0.697. The van der Waals surface area contributed by atoms with Gasteiger partial charge in [0, 0.05) is 22.2 Å². The molecule has 4 nitrogen and oxygen atoms in total. The number of nitriles is 1. The van der Waals surface area contributed by atoms with Gasteiger partial charge in [-0.1, -0.05) is 6.92 Å². The standard InChI is InChI=1S/C11H8N2O2S2/c1-2-16-11-9(6-12)8-4-3-7(13(14)15)5-10(8)17-11/h3-5H,2H2,1H3. The van der Waals surface area contributed by atoms with Crippen molar-refractivity contribution in [1.82, 2.24) is 0 Å². The molecule has 0 radical (unpaired) electrons. The number of rotatable bonds is 3. The van der Waals surface area contributed by atoms with Crippen LogP contribution in [0.15, 0.2) is 22.4 Å². The fourth-order valence-electron chi connectivity index (χ4n) is 1.52. The van der Waals surface area contributed by atoms with Crippen LogP contribution in [0.5, 0.6) is 0 Å². The summed E-state index contributed by atoms with van der Waals surface area (Å²) in [7, 11) is 0. The van der Waals surface area contributed by atoms with Crippen LogP contribution in [0.1, 0.15) is 12.5 Å². The lowest BCUT2D eigenvalue weighted by molar-refractivity contribution is -0.384. The number of thioether (sulfide) groups is 1. The fourth-order valence-corrected chi connectivity index (χ4v) is 3.85. The van der Waals surface area contributed by atoms with Crippen molar-refractivity contribution >= 4 is 38.9 Å². The Labute approximate surface area is 106 Å². The largest absolute Gasteiger partial charge is 0.270 e. The Kier molecular flexibility index (Phi) is 3.31. The Morgan fingerprint density at radius 3 is 2.94 bits per heavy atom. The lowest BCUT2D eigenvalue weighted by atomic mass is 10.2. The average molecular weight is 264 g/mol. The quantitative estimate of drug-likeness (QED) is 0.480. The lowest BCUT2D eigenvalue weighted by Crippen LogP contribution is -1.86. The molecule has 0 amide bonds. The van der Waals surface area contributed by atoms with E-state index in [-0.39, 0.29) is 5.69 Å². The number of hydrogen-bond acceptors (Lipinski definition) is 5. The number of nitrogens with zero attached hydrogens (tertiary/aromatic N) is 2. The maximum Gasteiger partial charge on any atom is 0.270 e. The van der Waals surface area contributed by atoms with Gasteiger partial charge in [0.1, 0.15) is 6.07 Å². The van der Waals surface area contributed by atoms with E-state index in [2.05, 4.69) is 6.07 Å². The van der Waals surface area contributed by atoms with Crippen molar-refractivity contribution in [3.63, 3.8) is 0 Å². The molecule has 6 heteroatoms. The molecule has 2 rings (SSSR count). The highest BCUT2D eigenvalue weighted by atomic mass is 32.2. The summed E-state index contributed by atoms with van der Waals surface area (Å²) in [5, 5.41) is 20.6. The SMILES string of the molecule is CCSc1sc2cc([N+](=O)[O-])ccc2c1C#N. The van der Waals surface area contributed by atoms with Crippen molar-refractivity contribution in [3.8, 4) is 6.07 Å². The van der Waals surface area contributed by atoms with Crippen LogP contribution in [0.3, 0.4) is 0 Å². The third-order valence-corrected chi connectivity index (χ3v) is 4.55. The Balaban J connectivity index is 2.65. The highest BCUT2D eigenvalue weighted by molar-refractivity contribution is 8.01. The van der Waals surface area contributed by atoms with Crippen molar-refractivity contribution in [1.29, 1.82) is 5.26 Å². The van der Waals surface area contributed by atoms with E-state index in [1.54, 1.807) is 17.8 Å². The van der Waals surface area contributed by atoms with Crippen LogP contribution in [0, 0.1) is 21.4 Å². The molecule has 1 aromatic heterocycles. The normalized spacial score (nSPS) is 10.4. The Morgan fingerprint density at radius 1 is 1.59 bits per heavy atom. The second-order valence-electron chi connectivity index (χ2n) is 3.25. The molecule has 0 unspecified atom stereocenters. The van der Waals surface area contributed by atoms with Gasteiger partial charge in [-0.3, -0.25) is 10.1 Å². The van der Waals surface area contributed by atoms with Crippen LogP contribution in [0.4, 0.5) is 5.69 Å². The molecule has 0 spiro atoms. The molecule has 0 bridgehead atoms. The molecule has 0 N–H and O–H groups in total. The molecule has 0 saturated heterocycles. The lowest BCUT2D eigenvalue weighted by Gasteiger charge is -1.92. The number of fused-ring (bicyclic) bond motifs is 1. The summed E-state index contributed by atoms with van der Waals surface area (Å²) in [4.78, 5) is 10.3. The first kappa shape index (κ1) is 11.9. The number of hydrogen-bond donors (Lipinski definition) is 0. The van der Waals surface area contributed by atoms with E-state index < -0.39 is 4.92 Å². The van der Waals surface area contributed by atoms with Crippen molar-refractivity contribution in [3.05, 3.63) is 33.9 Å². The van der Waals surface area contributed by atoms with Crippen LogP contribution < -0.4 is 0 Å². The van der Waals surface area contributed by atoms with Crippen molar-refractivity contribution in [2.45, 2.75) is 11.1 Å². The van der Waals surface area contributed by atoms with Crippen molar-refractivity contribution in [2.24, 2.45) is 0 Å². The van der Waals surface area contributed by atoms with E-state index in [1.165, 1.54) is 23.5 Å². The first-order valence-electron chi connectivity index (χ1n) is 4.91. The van der Waals surface area contributed by atoms with Crippen LogP contribution in [-0.2, 0) is 0 Å². The highest BCUT2D eigenvalue weighted by Crippen LogP contribution is 2.38. The molecule has 0 aliphatic carbocycles. The van der Waals surface area contributed by atoms with E-state index in [4.69, 9.17) is 5.26 Å². The fraction of sp³-hybridized carbons (Fsp3) is 0.182. The molecule has 0 aliphatic rings. The van der Waals surface area contributed by atoms with Gasteiger partial charge in [-0.25, -0.2) is 0 Å². The zero-order valence-electron chi connectivity index (χ0n) is 8.97. The Bertz CT molecular complexity index is 628. The molecule has 86 valence electrons. The topological polar surface area (TPSA) is 66.9 Å². The molecule has 0 atom stereocenters. The number of non-ortho nitro benzene ring substituents is 1. The van der Waals surface area contributed by atoms with Gasteiger partial charge in [0.05, 0.1) is 14.7 Å². The number of nitro benzene ring substituents is 1. The predicted molar refractivity (Wildman–Crippen MR) is 69.6 cm³/mol. The molecule has 17 heavy (non-hydrogen) atoms. The van der Waals surface area contributed by atoms with Crippen molar-refractivity contribution < 1.29 is 4.92 Å². The van der Waals surface area contributed by atoms with E-state index >= 15 is 0 Å². The van der Waals surface area contributed by atoms with Crippen LogP contribution >= 0.6 is 23.1 Å². The number of nitro groups is 1. The molecular formula is C11H8N2O2S2. The molecule has 0 saturated carbocycles. The second-order valence-corrected chi connectivity index (χ2v) is 5.83. The van der Waals surface area contributed by atoms with Gasteiger partial charge in [-0.2, -0.15) is 5.26 Å². The van der Waals surface area contributed by atoms with Gasteiger partial charge < -0.3 is 0 Å². The molecule has 2 aromatic rings. The summed E-state index contributed by atoms with van der Waals surface area (Å²) in [5.74, 6) is 0.879. The summed E-state index contributed by atoms with van der Waals surface area (Å²) in [6, 6.07) is 6.80. The summed E-state index contributed by atoms with van der Waals surface area (Å²) in [6.07, 6.45) is 0. The maximum atomic E-state index is 10.7. The molecule has 0 fully saturated rings. The van der Waals surface area contributed by atoms with Crippen LogP contribution in [0.25, 0.3) is 10.1 Å². The highest BCUT2D eigenvalue weighted by Gasteiger charge is 2.15. The minimum absolute atomic E-state index is 0.0660. The summed E-state index contributed by atoms with van der Waals surface area (Å²) >= 11 is 3.03. The van der Waals surface area contributed by atoms with Gasteiger partial charge in [-0.15, -0.1) is 23.1 Å². The average Bonchev–Trinajstić information content (AvgIpc) is 2.65. The van der Waals surface area contributed by atoms with Crippen LogP contribution in [-0.4, -0.2) is 10.7 Å². The smallest absolute Gasteiger partial charge is 0.258 e. The molecule has 1 aromatic carbocycles. The first-order valence-corrected chi connectivity index (χ1v) is 6.71. The minimum atomic E-state index is -0.419. The van der Waals surface area contributed by atoms with Crippen molar-refractivity contribution in [2.75, 3.05) is 5.75 Å². The Morgan fingerprint density at radius 2 is 2.35 bits per heavy atom. The van der Waals surface area contributed by atoms with E-state index in [9.17, 15) is 10.1 Å².